The van der Waals surface area contributed by atoms with Gasteiger partial charge in [0.1, 0.15) is 0 Å². The summed E-state index contributed by atoms with van der Waals surface area (Å²) in [7, 11) is 0. The van der Waals surface area contributed by atoms with Crippen LogP contribution in [0.4, 0.5) is 0 Å². The van der Waals surface area contributed by atoms with Gasteiger partial charge in [-0.05, 0) is 56.0 Å². The van der Waals surface area contributed by atoms with E-state index < -0.39 is 0 Å². The van der Waals surface area contributed by atoms with Gasteiger partial charge < -0.3 is 15.0 Å². The molecule has 0 spiro atoms. The highest BCUT2D eigenvalue weighted by atomic mass is 16.5. The predicted octanol–water partition coefficient (Wildman–Crippen LogP) is 2.34. The molecule has 0 radical (unpaired) electrons. The molecule has 2 aliphatic rings. The number of nitrogens with zero attached hydrogens (tertiary/aromatic N) is 2. The monoisotopic (exact) mass is 378 g/mol. The minimum Gasteiger partial charge on any atom is -0.376 e. The second-order valence-corrected chi connectivity index (χ2v) is 8.13. The number of carbonyl (C=O) groups excluding carboxylic acids is 1. The van der Waals surface area contributed by atoms with Gasteiger partial charge in [0, 0.05) is 23.4 Å². The van der Waals surface area contributed by atoms with E-state index in [2.05, 4.69) is 15.3 Å². The number of ether oxygens (including phenoxy) is 1. The highest BCUT2D eigenvalue weighted by molar-refractivity contribution is 5.96. The van der Waals surface area contributed by atoms with E-state index in [1.54, 1.807) is 10.8 Å². The van der Waals surface area contributed by atoms with E-state index in [9.17, 15) is 9.59 Å². The van der Waals surface area contributed by atoms with Crippen LogP contribution < -0.4 is 11.0 Å². The fourth-order valence-electron chi connectivity index (χ4n) is 3.74. The van der Waals surface area contributed by atoms with Gasteiger partial charge in [0.2, 0.25) is 0 Å². The van der Waals surface area contributed by atoms with E-state index in [-0.39, 0.29) is 17.1 Å². The summed E-state index contributed by atoms with van der Waals surface area (Å²) in [6, 6.07) is 7.93. The molecule has 5 rings (SSSR count). The van der Waals surface area contributed by atoms with Crippen molar-refractivity contribution in [3.05, 3.63) is 52.1 Å². The van der Waals surface area contributed by atoms with Crippen molar-refractivity contribution in [2.24, 2.45) is 0 Å². The average molecular weight is 378 g/mol. The fourth-order valence-corrected chi connectivity index (χ4v) is 3.74. The van der Waals surface area contributed by atoms with Crippen LogP contribution in [0.2, 0.25) is 0 Å². The molecule has 1 saturated heterocycles. The van der Waals surface area contributed by atoms with Gasteiger partial charge >= 0.3 is 5.69 Å². The largest absolute Gasteiger partial charge is 0.376 e. The van der Waals surface area contributed by atoms with Crippen molar-refractivity contribution in [2.75, 3.05) is 13.2 Å². The molecular weight excluding hydrogens is 356 g/mol. The normalized spacial score (nSPS) is 18.1. The Hall–Kier alpha value is -2.93. The lowest BCUT2D eigenvalue weighted by molar-refractivity contribution is -0.0893. The molecule has 0 unspecified atom stereocenters. The second-order valence-electron chi connectivity index (χ2n) is 8.13. The van der Waals surface area contributed by atoms with Gasteiger partial charge in [-0.3, -0.25) is 9.36 Å². The van der Waals surface area contributed by atoms with Crippen molar-refractivity contribution in [3.63, 3.8) is 0 Å². The lowest BCUT2D eigenvalue weighted by Crippen LogP contribution is -2.52. The molecule has 144 valence electrons. The third-order valence-electron chi connectivity index (χ3n) is 5.61. The maximum Gasteiger partial charge on any atom is 0.328 e. The van der Waals surface area contributed by atoms with Crippen LogP contribution in [0.5, 0.6) is 0 Å². The predicted molar refractivity (Wildman–Crippen MR) is 105 cm³/mol. The summed E-state index contributed by atoms with van der Waals surface area (Å²) in [4.78, 5) is 32.4. The highest BCUT2D eigenvalue weighted by Gasteiger charge is 2.38. The first kappa shape index (κ1) is 17.2. The number of hydrogen-bond acceptors (Lipinski definition) is 4. The number of amides is 1. The van der Waals surface area contributed by atoms with Crippen molar-refractivity contribution in [2.45, 2.75) is 38.3 Å². The fraction of sp³-hybridized carbons (Fsp3) is 0.381. The van der Waals surface area contributed by atoms with Crippen LogP contribution in [0, 0.1) is 6.92 Å². The Morgan fingerprint density at radius 1 is 1.32 bits per heavy atom. The topological polar surface area (TPSA) is 89.0 Å². The van der Waals surface area contributed by atoms with Gasteiger partial charge in [-0.2, -0.15) is 0 Å². The third kappa shape index (κ3) is 2.74. The molecule has 1 aromatic carbocycles. The maximum absolute atomic E-state index is 12.5. The van der Waals surface area contributed by atoms with Crippen LogP contribution in [-0.4, -0.2) is 39.7 Å². The number of pyridine rings is 1. The average Bonchev–Trinajstić information content (AvgIpc) is 3.39. The lowest BCUT2D eigenvalue weighted by Gasteiger charge is -2.38. The van der Waals surface area contributed by atoms with Crippen molar-refractivity contribution in [1.82, 2.24) is 19.9 Å². The molecule has 3 aromatic rings. The summed E-state index contributed by atoms with van der Waals surface area (Å²) >= 11 is 0. The number of rotatable bonds is 4. The van der Waals surface area contributed by atoms with Crippen LogP contribution in [0.3, 0.4) is 0 Å². The molecule has 2 aromatic heterocycles. The smallest absolute Gasteiger partial charge is 0.328 e. The number of imidazole rings is 1. The molecule has 1 aliphatic carbocycles. The summed E-state index contributed by atoms with van der Waals surface area (Å²) in [5, 5.41) is 3.02. The molecule has 0 bridgehead atoms. The molecule has 1 amide bonds. The molecule has 3 heterocycles. The molecular formula is C21H22N4O3. The van der Waals surface area contributed by atoms with Crippen molar-refractivity contribution in [1.29, 1.82) is 0 Å². The zero-order chi connectivity index (χ0) is 19.5. The minimum absolute atomic E-state index is 0.0461. The Morgan fingerprint density at radius 2 is 2.11 bits per heavy atom. The highest BCUT2D eigenvalue weighted by Crippen LogP contribution is 2.30. The van der Waals surface area contributed by atoms with Crippen molar-refractivity contribution in [3.8, 4) is 11.1 Å². The van der Waals surface area contributed by atoms with E-state index in [0.29, 0.717) is 36.0 Å². The summed E-state index contributed by atoms with van der Waals surface area (Å²) < 4.78 is 6.99. The number of fused-ring (bicyclic) bond motifs is 1. The SMILES string of the molecule is Cc1ccc(C(=O)NC2CC2)cc1-c1cnc2c(c1)[nH]c(=O)n2C1(C)COC1. The molecule has 7 heteroatoms. The molecule has 28 heavy (non-hydrogen) atoms. The van der Waals surface area contributed by atoms with Gasteiger partial charge in [0.25, 0.3) is 5.91 Å². The van der Waals surface area contributed by atoms with Crippen LogP contribution in [0.15, 0.2) is 35.3 Å². The molecule has 1 saturated carbocycles. The zero-order valence-corrected chi connectivity index (χ0v) is 15.9. The number of benzene rings is 1. The van der Waals surface area contributed by atoms with Crippen LogP contribution >= 0.6 is 0 Å². The summed E-state index contributed by atoms with van der Waals surface area (Å²) in [6.07, 6.45) is 3.87. The van der Waals surface area contributed by atoms with Gasteiger partial charge in [-0.15, -0.1) is 0 Å². The number of hydrogen-bond donors (Lipinski definition) is 2. The van der Waals surface area contributed by atoms with E-state index in [1.807, 2.05) is 38.1 Å². The van der Waals surface area contributed by atoms with E-state index >= 15 is 0 Å². The molecule has 2 N–H and O–H groups in total. The second kappa shape index (κ2) is 6.04. The standard InChI is InChI=1S/C21H22N4O3/c1-12-3-4-13(19(26)23-15-5-6-15)7-16(12)14-8-17-18(22-9-14)25(20(27)24-17)21(2)10-28-11-21/h3-4,7-9,15H,5-6,10-11H2,1-2H3,(H,23,26)(H,24,27). The lowest BCUT2D eigenvalue weighted by atomic mass is 9.98. The van der Waals surface area contributed by atoms with Crippen LogP contribution in [0.1, 0.15) is 35.7 Å². The van der Waals surface area contributed by atoms with Gasteiger partial charge in [0.05, 0.1) is 24.3 Å². The first-order chi connectivity index (χ1) is 13.4. The van der Waals surface area contributed by atoms with Gasteiger partial charge in [-0.1, -0.05) is 6.07 Å². The Morgan fingerprint density at radius 3 is 2.79 bits per heavy atom. The summed E-state index contributed by atoms with van der Waals surface area (Å²) in [5.74, 6) is -0.0461. The number of carbonyl (C=O) groups is 1. The Bertz CT molecular complexity index is 1150. The maximum atomic E-state index is 12.5. The van der Waals surface area contributed by atoms with Crippen molar-refractivity contribution >= 4 is 17.1 Å². The van der Waals surface area contributed by atoms with E-state index in [0.717, 1.165) is 29.5 Å². The quantitative estimate of drug-likeness (QED) is 0.729. The van der Waals surface area contributed by atoms with Crippen molar-refractivity contribution < 1.29 is 9.53 Å². The summed E-state index contributed by atoms with van der Waals surface area (Å²) in [6.45, 7) is 5.00. The number of aromatic nitrogens is 3. The number of aromatic amines is 1. The number of nitrogens with one attached hydrogen (secondary N) is 2. The zero-order valence-electron chi connectivity index (χ0n) is 15.9. The Labute approximate surface area is 161 Å². The van der Waals surface area contributed by atoms with Crippen LogP contribution in [0.25, 0.3) is 22.3 Å². The first-order valence-corrected chi connectivity index (χ1v) is 9.55. The molecule has 1 aliphatic heterocycles. The third-order valence-corrected chi connectivity index (χ3v) is 5.61. The summed E-state index contributed by atoms with van der Waals surface area (Å²) in [5.41, 5.74) is 4.25. The minimum atomic E-state index is -0.361. The Kier molecular flexibility index (Phi) is 3.71. The van der Waals surface area contributed by atoms with Crippen LogP contribution in [-0.2, 0) is 10.3 Å². The van der Waals surface area contributed by atoms with Gasteiger partial charge in [0.15, 0.2) is 5.65 Å². The molecule has 7 nitrogen and oxygen atoms in total. The van der Waals surface area contributed by atoms with Gasteiger partial charge in [-0.25, -0.2) is 9.78 Å². The number of H-pyrrole nitrogens is 1. The van der Waals surface area contributed by atoms with E-state index in [4.69, 9.17) is 4.74 Å². The molecule has 0 atom stereocenters. The molecule has 2 fully saturated rings. The Balaban J connectivity index is 1.56. The first-order valence-electron chi connectivity index (χ1n) is 9.55. The number of aryl methyl sites for hydroxylation is 1. The van der Waals surface area contributed by atoms with E-state index in [1.165, 1.54) is 0 Å².